The molecule has 0 saturated carbocycles. The van der Waals surface area contributed by atoms with Crippen molar-refractivity contribution in [3.05, 3.63) is 29.5 Å². The summed E-state index contributed by atoms with van der Waals surface area (Å²) in [6, 6.07) is 4.29. The Kier molecular flexibility index (Phi) is 2.00. The van der Waals surface area contributed by atoms with Gasteiger partial charge in [0.2, 0.25) is 0 Å². The Hall–Kier alpha value is -2.17. The second-order valence-electron chi connectivity index (χ2n) is 3.22. The van der Waals surface area contributed by atoms with Crippen LogP contribution < -0.4 is 0 Å². The van der Waals surface area contributed by atoms with Crippen LogP contribution in [0.15, 0.2) is 18.2 Å². The van der Waals surface area contributed by atoms with Gasteiger partial charge in [-0.3, -0.25) is 0 Å². The standard InChI is InChI=1S/C10H8N2O3/c1-5-2-6-3-7(10(14)15)4-8(13)9(6)12-11-5/h2-4,13H,1H3,(H,14,15). The smallest absolute Gasteiger partial charge is 0.335 e. The normalized spacial score (nSPS) is 10.5. The van der Waals surface area contributed by atoms with Crippen LogP contribution in [0.25, 0.3) is 10.9 Å². The van der Waals surface area contributed by atoms with Gasteiger partial charge in [0.15, 0.2) is 0 Å². The van der Waals surface area contributed by atoms with Gasteiger partial charge in [-0.05, 0) is 25.1 Å². The summed E-state index contributed by atoms with van der Waals surface area (Å²) >= 11 is 0. The van der Waals surface area contributed by atoms with Gasteiger partial charge in [-0.15, -0.1) is 5.10 Å². The van der Waals surface area contributed by atoms with E-state index in [9.17, 15) is 9.90 Å². The molecule has 0 aliphatic heterocycles. The van der Waals surface area contributed by atoms with Crippen molar-refractivity contribution in [1.82, 2.24) is 10.2 Å². The molecule has 1 heterocycles. The zero-order valence-corrected chi connectivity index (χ0v) is 7.93. The fourth-order valence-electron chi connectivity index (χ4n) is 1.37. The fraction of sp³-hybridized carbons (Fsp3) is 0.100. The van der Waals surface area contributed by atoms with Crippen molar-refractivity contribution in [3.63, 3.8) is 0 Å². The molecule has 0 bridgehead atoms. The van der Waals surface area contributed by atoms with Crippen molar-refractivity contribution in [3.8, 4) is 5.75 Å². The van der Waals surface area contributed by atoms with Crippen molar-refractivity contribution in [2.45, 2.75) is 6.92 Å². The maximum atomic E-state index is 10.7. The van der Waals surface area contributed by atoms with Crippen LogP contribution in [0.1, 0.15) is 16.1 Å². The van der Waals surface area contributed by atoms with Crippen molar-refractivity contribution >= 4 is 16.9 Å². The third-order valence-electron chi connectivity index (χ3n) is 2.04. The van der Waals surface area contributed by atoms with E-state index in [2.05, 4.69) is 10.2 Å². The number of carbonyl (C=O) groups is 1. The molecule has 15 heavy (non-hydrogen) atoms. The monoisotopic (exact) mass is 204 g/mol. The largest absolute Gasteiger partial charge is 0.506 e. The number of aromatic carboxylic acids is 1. The molecule has 5 nitrogen and oxygen atoms in total. The van der Waals surface area contributed by atoms with Gasteiger partial charge >= 0.3 is 5.97 Å². The van der Waals surface area contributed by atoms with Crippen LogP contribution >= 0.6 is 0 Å². The molecule has 0 atom stereocenters. The zero-order chi connectivity index (χ0) is 11.0. The Morgan fingerprint density at radius 2 is 2.00 bits per heavy atom. The molecule has 0 saturated heterocycles. The first kappa shape index (κ1) is 9.39. The summed E-state index contributed by atoms with van der Waals surface area (Å²) in [7, 11) is 0. The highest BCUT2D eigenvalue weighted by Gasteiger charge is 2.09. The van der Waals surface area contributed by atoms with Gasteiger partial charge in [0, 0.05) is 5.39 Å². The Morgan fingerprint density at radius 3 is 2.67 bits per heavy atom. The molecule has 0 radical (unpaired) electrons. The minimum atomic E-state index is -1.08. The predicted octanol–water partition coefficient (Wildman–Crippen LogP) is 1.34. The molecule has 2 N–H and O–H groups in total. The number of carboxylic acids is 1. The Labute approximate surface area is 85.0 Å². The Bertz CT molecular complexity index is 552. The summed E-state index contributed by atoms with van der Waals surface area (Å²) in [6.45, 7) is 1.75. The predicted molar refractivity (Wildman–Crippen MR) is 52.9 cm³/mol. The van der Waals surface area contributed by atoms with E-state index in [0.717, 1.165) is 6.07 Å². The van der Waals surface area contributed by atoms with Crippen molar-refractivity contribution in [2.75, 3.05) is 0 Å². The van der Waals surface area contributed by atoms with Gasteiger partial charge in [-0.25, -0.2) is 4.79 Å². The highest BCUT2D eigenvalue weighted by atomic mass is 16.4. The van der Waals surface area contributed by atoms with Gasteiger partial charge in [0.25, 0.3) is 0 Å². The van der Waals surface area contributed by atoms with Gasteiger partial charge in [-0.2, -0.15) is 5.10 Å². The summed E-state index contributed by atoms with van der Waals surface area (Å²) in [6.07, 6.45) is 0. The van der Waals surface area contributed by atoms with Gasteiger partial charge < -0.3 is 10.2 Å². The molecular weight excluding hydrogens is 196 g/mol. The number of aryl methyl sites for hydroxylation is 1. The summed E-state index contributed by atoms with van der Waals surface area (Å²) in [4.78, 5) is 10.7. The molecule has 0 aliphatic rings. The van der Waals surface area contributed by atoms with Crippen molar-refractivity contribution < 1.29 is 15.0 Å². The Morgan fingerprint density at radius 1 is 1.27 bits per heavy atom. The van der Waals surface area contributed by atoms with E-state index >= 15 is 0 Å². The van der Waals surface area contributed by atoms with Crippen LogP contribution in [0.2, 0.25) is 0 Å². The molecule has 0 fully saturated rings. The van der Waals surface area contributed by atoms with Crippen LogP contribution in [0, 0.1) is 6.92 Å². The average Bonchev–Trinajstić information content (AvgIpc) is 2.16. The molecular formula is C10H8N2O3. The summed E-state index contributed by atoms with van der Waals surface area (Å²) < 4.78 is 0. The molecule has 1 aromatic carbocycles. The van der Waals surface area contributed by atoms with Gasteiger partial charge in [-0.1, -0.05) is 0 Å². The lowest BCUT2D eigenvalue weighted by Gasteiger charge is -2.02. The van der Waals surface area contributed by atoms with Crippen LogP contribution in [0.4, 0.5) is 0 Å². The number of phenols is 1. The van der Waals surface area contributed by atoms with E-state index in [1.54, 1.807) is 13.0 Å². The number of carboxylic acid groups (broad SMARTS) is 1. The first-order valence-electron chi connectivity index (χ1n) is 4.28. The van der Waals surface area contributed by atoms with E-state index in [1.165, 1.54) is 6.07 Å². The number of aromatic hydroxyl groups is 1. The maximum absolute atomic E-state index is 10.7. The number of rotatable bonds is 1. The molecule has 0 unspecified atom stereocenters. The number of hydrogen-bond acceptors (Lipinski definition) is 4. The number of hydrogen-bond donors (Lipinski definition) is 2. The van der Waals surface area contributed by atoms with E-state index in [-0.39, 0.29) is 11.3 Å². The van der Waals surface area contributed by atoms with E-state index in [0.29, 0.717) is 16.6 Å². The van der Waals surface area contributed by atoms with Crippen LogP contribution in [-0.2, 0) is 0 Å². The molecule has 5 heteroatoms. The number of fused-ring (bicyclic) bond motifs is 1. The van der Waals surface area contributed by atoms with E-state index < -0.39 is 5.97 Å². The molecule has 0 spiro atoms. The number of benzene rings is 1. The maximum Gasteiger partial charge on any atom is 0.335 e. The zero-order valence-electron chi connectivity index (χ0n) is 7.93. The van der Waals surface area contributed by atoms with Crippen LogP contribution in [0.5, 0.6) is 5.75 Å². The van der Waals surface area contributed by atoms with Gasteiger partial charge in [0.05, 0.1) is 11.3 Å². The quantitative estimate of drug-likeness (QED) is 0.732. The van der Waals surface area contributed by atoms with E-state index in [1.807, 2.05) is 0 Å². The van der Waals surface area contributed by atoms with Crippen molar-refractivity contribution in [2.24, 2.45) is 0 Å². The molecule has 76 valence electrons. The number of phenolic OH excluding ortho intramolecular Hbond substituents is 1. The number of nitrogens with zero attached hydrogens (tertiary/aromatic N) is 2. The second kappa shape index (κ2) is 3.20. The summed E-state index contributed by atoms with van der Waals surface area (Å²) in [5.74, 6) is -1.25. The molecule has 0 aliphatic carbocycles. The van der Waals surface area contributed by atoms with E-state index in [4.69, 9.17) is 5.11 Å². The molecule has 2 rings (SSSR count). The number of aromatic nitrogens is 2. The summed E-state index contributed by atoms with van der Waals surface area (Å²) in [5, 5.41) is 26.5. The van der Waals surface area contributed by atoms with Crippen molar-refractivity contribution in [1.29, 1.82) is 0 Å². The first-order chi connectivity index (χ1) is 7.08. The lowest BCUT2D eigenvalue weighted by Crippen LogP contribution is -1.97. The molecule has 2 aromatic rings. The Balaban J connectivity index is 2.79. The minimum absolute atomic E-state index is 0.0346. The highest BCUT2D eigenvalue weighted by Crippen LogP contribution is 2.24. The second-order valence-corrected chi connectivity index (χ2v) is 3.22. The third-order valence-corrected chi connectivity index (χ3v) is 2.04. The highest BCUT2D eigenvalue weighted by molar-refractivity contribution is 5.95. The molecule has 1 aromatic heterocycles. The SMILES string of the molecule is Cc1cc2cc(C(=O)O)cc(O)c2nn1. The van der Waals surface area contributed by atoms with Crippen LogP contribution in [0.3, 0.4) is 0 Å². The lowest BCUT2D eigenvalue weighted by atomic mass is 10.1. The first-order valence-corrected chi connectivity index (χ1v) is 4.28. The summed E-state index contributed by atoms with van der Waals surface area (Å²) in [5.41, 5.74) is 1.02. The van der Waals surface area contributed by atoms with Gasteiger partial charge in [0.1, 0.15) is 11.3 Å². The third kappa shape index (κ3) is 1.59. The average molecular weight is 204 g/mol. The molecule has 0 amide bonds. The lowest BCUT2D eigenvalue weighted by molar-refractivity contribution is 0.0696. The van der Waals surface area contributed by atoms with Crippen LogP contribution in [-0.4, -0.2) is 26.4 Å². The fourth-order valence-corrected chi connectivity index (χ4v) is 1.37. The minimum Gasteiger partial charge on any atom is -0.506 e. The topological polar surface area (TPSA) is 83.3 Å².